The Balaban J connectivity index is 1.39. The number of amides is 3. The van der Waals surface area contributed by atoms with Crippen molar-refractivity contribution in [1.29, 1.82) is 0 Å². The van der Waals surface area contributed by atoms with Gasteiger partial charge >= 0.3 is 6.09 Å². The maximum atomic E-state index is 12.4. The second-order valence-electron chi connectivity index (χ2n) is 7.57. The van der Waals surface area contributed by atoms with Crippen molar-refractivity contribution < 1.29 is 19.1 Å². The van der Waals surface area contributed by atoms with Crippen LogP contribution in [0.3, 0.4) is 0 Å². The molecule has 0 aliphatic carbocycles. The fourth-order valence-corrected chi connectivity index (χ4v) is 4.70. The topological polar surface area (TPSA) is 94.6 Å². The minimum Gasteiger partial charge on any atom is -0.442 e. The van der Waals surface area contributed by atoms with Crippen LogP contribution in [0.1, 0.15) is 28.6 Å². The predicted molar refractivity (Wildman–Crippen MR) is 127 cm³/mol. The third kappa shape index (κ3) is 5.12. The summed E-state index contributed by atoms with van der Waals surface area (Å²) >= 11 is 7.07. The monoisotopic (exact) mass is 489 g/mol. The highest BCUT2D eigenvalue weighted by Crippen LogP contribution is 2.24. The highest BCUT2D eigenvalue weighted by Gasteiger charge is 2.33. The number of thiophene rings is 1. The molecular formula is C22H24ClN5O4S. The maximum Gasteiger partial charge on any atom is 0.414 e. The van der Waals surface area contributed by atoms with Gasteiger partial charge in [0.2, 0.25) is 6.41 Å². The number of cyclic esters (lactones) is 1. The molecule has 1 atom stereocenters. The summed E-state index contributed by atoms with van der Waals surface area (Å²) in [6, 6.07) is 10.7. The van der Waals surface area contributed by atoms with Gasteiger partial charge in [-0.3, -0.25) is 29.5 Å². The van der Waals surface area contributed by atoms with E-state index in [0.29, 0.717) is 41.1 Å². The zero-order valence-electron chi connectivity index (χ0n) is 18.1. The average molecular weight is 490 g/mol. The van der Waals surface area contributed by atoms with Gasteiger partial charge in [-0.25, -0.2) is 4.79 Å². The van der Waals surface area contributed by atoms with Crippen molar-refractivity contribution in [1.82, 2.24) is 15.3 Å². The zero-order chi connectivity index (χ0) is 23.4. The number of nitrogens with zero attached hydrogens (tertiary/aromatic N) is 4. The van der Waals surface area contributed by atoms with E-state index in [4.69, 9.17) is 16.3 Å². The minimum absolute atomic E-state index is 0.207. The molecule has 0 bridgehead atoms. The Bertz CT molecular complexity index is 1060. The Kier molecular flexibility index (Phi) is 7.14. The quantitative estimate of drug-likeness (QED) is 0.575. The molecule has 9 nitrogen and oxygen atoms in total. The normalized spacial score (nSPS) is 18.2. The molecule has 2 aliphatic heterocycles. The molecule has 1 fully saturated rings. The molecule has 2 aromatic rings. The first-order chi connectivity index (χ1) is 16.0. The molecule has 1 saturated heterocycles. The van der Waals surface area contributed by atoms with Crippen molar-refractivity contribution in [3.05, 3.63) is 51.2 Å². The van der Waals surface area contributed by atoms with E-state index in [2.05, 4.69) is 10.3 Å². The molecule has 11 heteroatoms. The van der Waals surface area contributed by atoms with Crippen LogP contribution in [0.2, 0.25) is 4.34 Å². The van der Waals surface area contributed by atoms with E-state index in [1.165, 1.54) is 16.2 Å². The van der Waals surface area contributed by atoms with Gasteiger partial charge in [0.25, 0.3) is 5.91 Å². The zero-order valence-corrected chi connectivity index (χ0v) is 19.6. The van der Waals surface area contributed by atoms with Crippen molar-refractivity contribution in [2.24, 2.45) is 4.99 Å². The van der Waals surface area contributed by atoms with Crippen molar-refractivity contribution in [3.8, 4) is 0 Å². The molecule has 33 heavy (non-hydrogen) atoms. The van der Waals surface area contributed by atoms with Crippen LogP contribution in [-0.4, -0.2) is 73.1 Å². The van der Waals surface area contributed by atoms with E-state index in [1.54, 1.807) is 17.1 Å². The molecule has 2 aliphatic rings. The SMILES string of the molecule is CCCN1C(c2ccc(N3C[C@H](CNC(=O)c4ccc(Cl)s4)OC3=O)cc2)=NCCN1C=O. The number of carbonyl (C=O) groups is 3. The molecule has 1 aromatic carbocycles. The van der Waals surface area contributed by atoms with Gasteiger partial charge in [0.05, 0.1) is 35.4 Å². The molecule has 0 spiro atoms. The Morgan fingerprint density at radius 1 is 1.30 bits per heavy atom. The van der Waals surface area contributed by atoms with E-state index < -0.39 is 12.2 Å². The first-order valence-corrected chi connectivity index (χ1v) is 11.9. The Morgan fingerprint density at radius 2 is 2.09 bits per heavy atom. The van der Waals surface area contributed by atoms with Gasteiger partial charge < -0.3 is 10.1 Å². The molecule has 4 rings (SSSR count). The Labute approximate surface area is 200 Å². The van der Waals surface area contributed by atoms with Crippen LogP contribution in [0.25, 0.3) is 0 Å². The van der Waals surface area contributed by atoms with Crippen molar-refractivity contribution in [3.63, 3.8) is 0 Å². The van der Waals surface area contributed by atoms with Gasteiger partial charge in [0.1, 0.15) is 11.9 Å². The third-order valence-electron chi connectivity index (χ3n) is 5.30. The first kappa shape index (κ1) is 23.1. The van der Waals surface area contributed by atoms with Crippen LogP contribution in [-0.2, 0) is 9.53 Å². The lowest BCUT2D eigenvalue weighted by Crippen LogP contribution is -2.50. The van der Waals surface area contributed by atoms with Gasteiger partial charge in [-0.1, -0.05) is 18.5 Å². The average Bonchev–Trinajstić information content (AvgIpc) is 3.43. The third-order valence-corrected chi connectivity index (χ3v) is 6.53. The lowest BCUT2D eigenvalue weighted by Gasteiger charge is -2.37. The fraction of sp³-hybridized carbons (Fsp3) is 0.364. The number of nitrogens with one attached hydrogen (secondary N) is 1. The number of ether oxygens (including phenoxy) is 1. The van der Waals surface area contributed by atoms with E-state index in [0.717, 1.165) is 24.2 Å². The molecule has 0 unspecified atom stereocenters. The van der Waals surface area contributed by atoms with Gasteiger partial charge in [-0.2, -0.15) is 0 Å². The van der Waals surface area contributed by atoms with Gasteiger partial charge in [0, 0.05) is 17.8 Å². The van der Waals surface area contributed by atoms with Gasteiger partial charge in [-0.15, -0.1) is 11.3 Å². The van der Waals surface area contributed by atoms with Gasteiger partial charge in [0.15, 0.2) is 0 Å². The van der Waals surface area contributed by atoms with Crippen molar-refractivity contribution in [2.45, 2.75) is 19.4 Å². The van der Waals surface area contributed by atoms with Gasteiger partial charge in [-0.05, 0) is 42.8 Å². The molecular weight excluding hydrogens is 466 g/mol. The molecule has 0 saturated carbocycles. The molecule has 3 heterocycles. The number of hydrazine groups is 1. The summed E-state index contributed by atoms with van der Waals surface area (Å²) in [5, 5.41) is 6.30. The number of rotatable bonds is 8. The van der Waals surface area contributed by atoms with E-state index in [1.807, 2.05) is 36.2 Å². The fourth-order valence-electron chi connectivity index (χ4n) is 3.74. The Morgan fingerprint density at radius 3 is 2.76 bits per heavy atom. The maximum absolute atomic E-state index is 12.4. The van der Waals surface area contributed by atoms with E-state index in [9.17, 15) is 14.4 Å². The van der Waals surface area contributed by atoms with Crippen LogP contribution in [0.4, 0.5) is 10.5 Å². The lowest BCUT2D eigenvalue weighted by molar-refractivity contribution is -0.128. The number of halogens is 1. The van der Waals surface area contributed by atoms with Crippen molar-refractivity contribution in [2.75, 3.05) is 37.6 Å². The molecule has 1 aromatic heterocycles. The molecule has 174 valence electrons. The van der Waals surface area contributed by atoms with Crippen LogP contribution in [0.5, 0.6) is 0 Å². The summed E-state index contributed by atoms with van der Waals surface area (Å²) in [5.74, 6) is 0.486. The summed E-state index contributed by atoms with van der Waals surface area (Å²) in [5.41, 5.74) is 1.55. The summed E-state index contributed by atoms with van der Waals surface area (Å²) < 4.78 is 5.96. The second kappa shape index (κ2) is 10.2. The van der Waals surface area contributed by atoms with E-state index in [-0.39, 0.29) is 12.5 Å². The van der Waals surface area contributed by atoms with E-state index >= 15 is 0 Å². The first-order valence-electron chi connectivity index (χ1n) is 10.7. The predicted octanol–water partition coefficient (Wildman–Crippen LogP) is 3.00. The lowest BCUT2D eigenvalue weighted by atomic mass is 10.1. The number of hydrogen-bond donors (Lipinski definition) is 1. The number of hydrogen-bond acceptors (Lipinski definition) is 7. The van der Waals surface area contributed by atoms with Crippen LogP contribution in [0.15, 0.2) is 41.4 Å². The minimum atomic E-state index is -0.462. The van der Waals surface area contributed by atoms with Crippen LogP contribution < -0.4 is 10.2 Å². The number of benzene rings is 1. The van der Waals surface area contributed by atoms with Crippen LogP contribution >= 0.6 is 22.9 Å². The molecule has 1 N–H and O–H groups in total. The molecule has 3 amide bonds. The summed E-state index contributed by atoms with van der Waals surface area (Å²) in [6.07, 6.45) is 0.778. The molecule has 0 radical (unpaired) electrons. The highest BCUT2D eigenvalue weighted by molar-refractivity contribution is 7.18. The number of aliphatic imine (C=N–C) groups is 1. The van der Waals surface area contributed by atoms with Crippen molar-refractivity contribution >= 4 is 52.9 Å². The largest absolute Gasteiger partial charge is 0.442 e. The number of anilines is 1. The Hall–Kier alpha value is -3.11. The summed E-state index contributed by atoms with van der Waals surface area (Å²) in [6.45, 7) is 4.36. The number of amidine groups is 1. The second-order valence-corrected chi connectivity index (χ2v) is 9.29. The number of carbonyl (C=O) groups excluding carboxylic acids is 3. The summed E-state index contributed by atoms with van der Waals surface area (Å²) in [4.78, 5) is 42.7. The standard InChI is InChI=1S/C22H24ClN5O4S/c1-2-10-28-20(24-9-11-26(28)14-29)15-3-5-16(6-4-15)27-13-17(32-22(27)31)12-25-21(30)18-7-8-19(23)33-18/h3-8,14,17H,2,9-13H2,1H3,(H,25,30)/t17-/m0/s1. The highest BCUT2D eigenvalue weighted by atomic mass is 35.5. The summed E-state index contributed by atoms with van der Waals surface area (Å²) in [7, 11) is 0. The van der Waals surface area contributed by atoms with Crippen LogP contribution in [0, 0.1) is 0 Å². The smallest absolute Gasteiger partial charge is 0.414 e.